The molecule has 2 nitrogen and oxygen atoms in total. The molecule has 2 N–H and O–H groups in total. The molecule has 1 aliphatic rings. The van der Waals surface area contributed by atoms with Crippen molar-refractivity contribution in [1.82, 2.24) is 5.32 Å². The van der Waals surface area contributed by atoms with E-state index < -0.39 is 18.1 Å². The number of halogens is 3. The van der Waals surface area contributed by atoms with E-state index >= 15 is 0 Å². The summed E-state index contributed by atoms with van der Waals surface area (Å²) in [4.78, 5) is 0. The second-order valence-corrected chi connectivity index (χ2v) is 3.18. The van der Waals surface area contributed by atoms with E-state index in [2.05, 4.69) is 5.32 Å². The third-order valence-corrected chi connectivity index (χ3v) is 2.37. The van der Waals surface area contributed by atoms with Crippen molar-refractivity contribution in [2.45, 2.75) is 32.5 Å². The molecule has 0 spiro atoms. The van der Waals surface area contributed by atoms with Gasteiger partial charge in [0.15, 0.2) is 5.88 Å². The van der Waals surface area contributed by atoms with E-state index in [1.54, 1.807) is 6.92 Å². The largest absolute Gasteiger partial charge is 0.495 e. The lowest BCUT2D eigenvalue weighted by Crippen LogP contribution is -2.50. The minimum Gasteiger partial charge on any atom is -0.495 e. The first-order valence-electron chi connectivity index (χ1n) is 4.13. The van der Waals surface area contributed by atoms with Crippen molar-refractivity contribution < 1.29 is 18.3 Å². The number of aliphatic hydroxyl groups is 1. The molecule has 1 aliphatic heterocycles. The third kappa shape index (κ3) is 1.73. The Bertz CT molecular complexity index is 234. The molecule has 0 amide bonds. The van der Waals surface area contributed by atoms with Gasteiger partial charge in [0.2, 0.25) is 0 Å². The predicted octanol–water partition coefficient (Wildman–Crippen LogP) is 2.34. The Balaban J connectivity index is 2.69. The Morgan fingerprint density at radius 1 is 1.54 bits per heavy atom. The summed E-state index contributed by atoms with van der Waals surface area (Å²) < 4.78 is 36.6. The summed E-state index contributed by atoms with van der Waals surface area (Å²) in [5.74, 6) is -1.54. The lowest BCUT2D eigenvalue weighted by molar-refractivity contribution is -0.176. The standard InChI is InChI=1S/C8H12F3NO/c1-3-5-6(12-7(5)13)4(2)8(9,10)11/h4,6,12-13H,3H2,1-2H3/t4-,6-/m0/s1. The third-order valence-electron chi connectivity index (χ3n) is 2.37. The Labute approximate surface area is 74.4 Å². The highest BCUT2D eigenvalue weighted by Gasteiger charge is 2.46. The van der Waals surface area contributed by atoms with Crippen molar-refractivity contribution in [2.24, 2.45) is 5.92 Å². The summed E-state index contributed by atoms with van der Waals surface area (Å²) in [6.45, 7) is 2.84. The van der Waals surface area contributed by atoms with E-state index in [0.717, 1.165) is 6.92 Å². The molecule has 76 valence electrons. The molecule has 0 fully saturated rings. The Kier molecular flexibility index (Phi) is 2.45. The number of rotatable bonds is 2. The van der Waals surface area contributed by atoms with Crippen molar-refractivity contribution in [3.05, 3.63) is 11.5 Å². The molecule has 0 aromatic carbocycles. The minimum absolute atomic E-state index is 0.0939. The second-order valence-electron chi connectivity index (χ2n) is 3.18. The minimum atomic E-state index is -4.21. The normalized spacial score (nSPS) is 25.2. The summed E-state index contributed by atoms with van der Waals surface area (Å²) >= 11 is 0. The van der Waals surface area contributed by atoms with Gasteiger partial charge in [0, 0.05) is 5.57 Å². The van der Waals surface area contributed by atoms with Crippen LogP contribution in [0.4, 0.5) is 13.2 Å². The number of aliphatic hydroxyl groups excluding tert-OH is 1. The van der Waals surface area contributed by atoms with Crippen LogP contribution in [0.2, 0.25) is 0 Å². The highest BCUT2D eigenvalue weighted by Crippen LogP contribution is 2.36. The zero-order valence-electron chi connectivity index (χ0n) is 7.44. The fraction of sp³-hybridized carbons (Fsp3) is 0.750. The van der Waals surface area contributed by atoms with Crippen LogP contribution < -0.4 is 5.32 Å². The average Bonchev–Trinajstić information content (AvgIpc) is 1.97. The summed E-state index contributed by atoms with van der Waals surface area (Å²) in [6.07, 6.45) is -3.76. The van der Waals surface area contributed by atoms with E-state index in [-0.39, 0.29) is 5.88 Å². The molecule has 0 bridgehead atoms. The summed E-state index contributed by atoms with van der Waals surface area (Å²) in [5.41, 5.74) is 0.463. The van der Waals surface area contributed by atoms with Crippen molar-refractivity contribution in [2.75, 3.05) is 0 Å². The van der Waals surface area contributed by atoms with Crippen molar-refractivity contribution in [1.29, 1.82) is 0 Å². The van der Waals surface area contributed by atoms with Crippen LogP contribution in [0.25, 0.3) is 0 Å². The van der Waals surface area contributed by atoms with Crippen molar-refractivity contribution in [3.63, 3.8) is 0 Å². The van der Waals surface area contributed by atoms with Crippen LogP contribution in [0.5, 0.6) is 0 Å². The molecule has 5 heteroatoms. The monoisotopic (exact) mass is 195 g/mol. The first-order chi connectivity index (χ1) is 5.88. The zero-order chi connectivity index (χ0) is 10.2. The van der Waals surface area contributed by atoms with Crippen molar-refractivity contribution >= 4 is 0 Å². The molecule has 0 saturated heterocycles. The molecule has 13 heavy (non-hydrogen) atoms. The van der Waals surface area contributed by atoms with E-state index in [1.165, 1.54) is 0 Å². The molecule has 0 unspecified atom stereocenters. The van der Waals surface area contributed by atoms with E-state index in [9.17, 15) is 13.2 Å². The van der Waals surface area contributed by atoms with Gasteiger partial charge < -0.3 is 10.4 Å². The molecule has 2 atom stereocenters. The lowest BCUT2D eigenvalue weighted by Gasteiger charge is -2.36. The van der Waals surface area contributed by atoms with Gasteiger partial charge in [-0.2, -0.15) is 13.2 Å². The van der Waals surface area contributed by atoms with E-state index in [1.807, 2.05) is 0 Å². The summed E-state index contributed by atoms with van der Waals surface area (Å²) in [5, 5.41) is 11.4. The molecule has 0 aliphatic carbocycles. The van der Waals surface area contributed by atoms with Gasteiger partial charge in [-0.3, -0.25) is 0 Å². The van der Waals surface area contributed by atoms with Gasteiger partial charge in [0.05, 0.1) is 12.0 Å². The molecular formula is C8H12F3NO. The Morgan fingerprint density at radius 2 is 2.08 bits per heavy atom. The van der Waals surface area contributed by atoms with E-state index in [4.69, 9.17) is 5.11 Å². The maximum atomic E-state index is 12.2. The van der Waals surface area contributed by atoms with Crippen LogP contribution in [0, 0.1) is 5.92 Å². The second kappa shape index (κ2) is 3.12. The van der Waals surface area contributed by atoms with Gasteiger partial charge >= 0.3 is 6.18 Å². The maximum Gasteiger partial charge on any atom is 0.393 e. The zero-order valence-corrected chi connectivity index (χ0v) is 7.44. The fourth-order valence-corrected chi connectivity index (χ4v) is 1.40. The molecule has 0 radical (unpaired) electrons. The number of hydrogen-bond acceptors (Lipinski definition) is 2. The molecule has 0 saturated carbocycles. The van der Waals surface area contributed by atoms with Crippen LogP contribution in [0.1, 0.15) is 20.3 Å². The number of alkyl halides is 3. The first-order valence-corrected chi connectivity index (χ1v) is 4.13. The van der Waals surface area contributed by atoms with Crippen LogP contribution in [-0.2, 0) is 0 Å². The van der Waals surface area contributed by atoms with Crippen LogP contribution in [0.15, 0.2) is 11.5 Å². The number of hydrogen-bond donors (Lipinski definition) is 2. The van der Waals surface area contributed by atoms with Gasteiger partial charge in [-0.1, -0.05) is 13.8 Å². The molecular weight excluding hydrogens is 183 g/mol. The molecule has 0 aromatic rings. The SMILES string of the molecule is CCC1=C(O)N[C@H]1[C@H](C)C(F)(F)F. The van der Waals surface area contributed by atoms with Crippen LogP contribution in [0.3, 0.4) is 0 Å². The average molecular weight is 195 g/mol. The fourth-order valence-electron chi connectivity index (χ4n) is 1.40. The maximum absolute atomic E-state index is 12.2. The Morgan fingerprint density at radius 3 is 2.38 bits per heavy atom. The first kappa shape index (κ1) is 10.2. The molecule has 1 heterocycles. The van der Waals surface area contributed by atoms with Gasteiger partial charge in [0.1, 0.15) is 0 Å². The smallest absolute Gasteiger partial charge is 0.393 e. The highest BCUT2D eigenvalue weighted by molar-refractivity contribution is 5.26. The predicted molar refractivity (Wildman–Crippen MR) is 42.1 cm³/mol. The van der Waals surface area contributed by atoms with Gasteiger partial charge in [-0.15, -0.1) is 0 Å². The quantitative estimate of drug-likeness (QED) is 0.708. The highest BCUT2D eigenvalue weighted by atomic mass is 19.4. The summed E-state index contributed by atoms with van der Waals surface area (Å²) in [6, 6.07) is -0.745. The van der Waals surface area contributed by atoms with Gasteiger partial charge in [-0.05, 0) is 6.42 Å². The summed E-state index contributed by atoms with van der Waals surface area (Å²) in [7, 11) is 0. The van der Waals surface area contributed by atoms with Gasteiger partial charge in [-0.25, -0.2) is 0 Å². The lowest BCUT2D eigenvalue weighted by atomic mass is 9.87. The Hall–Kier alpha value is -0.870. The number of nitrogens with one attached hydrogen (secondary N) is 1. The van der Waals surface area contributed by atoms with Crippen LogP contribution in [-0.4, -0.2) is 17.3 Å². The molecule has 0 aromatic heterocycles. The van der Waals surface area contributed by atoms with Gasteiger partial charge in [0.25, 0.3) is 0 Å². The van der Waals surface area contributed by atoms with Crippen LogP contribution >= 0.6 is 0 Å². The van der Waals surface area contributed by atoms with Crippen molar-refractivity contribution in [3.8, 4) is 0 Å². The topological polar surface area (TPSA) is 32.3 Å². The van der Waals surface area contributed by atoms with E-state index in [0.29, 0.717) is 12.0 Å². The molecule has 1 rings (SSSR count).